The van der Waals surface area contributed by atoms with E-state index in [1.165, 1.54) is 37.1 Å². The Morgan fingerprint density at radius 3 is 2.37 bits per heavy atom. The molecule has 0 spiro atoms. The third-order valence-electron chi connectivity index (χ3n) is 4.94. The molecule has 35 heavy (non-hydrogen) atoms. The lowest BCUT2D eigenvalue weighted by molar-refractivity contribution is -0.114. The van der Waals surface area contributed by atoms with E-state index in [2.05, 4.69) is 5.32 Å². The van der Waals surface area contributed by atoms with E-state index in [0.29, 0.717) is 18.0 Å². The maximum absolute atomic E-state index is 13.7. The molecule has 1 amide bonds. The number of carbonyl (C=O) groups excluding carboxylic acids is 2. The number of methoxy groups -OCH3 is 1. The van der Waals surface area contributed by atoms with Gasteiger partial charge in [-0.05, 0) is 67.8 Å². The summed E-state index contributed by atoms with van der Waals surface area (Å²) in [6.45, 7) is 1.59. The average molecular weight is 515 g/mol. The summed E-state index contributed by atoms with van der Waals surface area (Å²) < 4.78 is 38.7. The molecule has 0 atom stereocenters. The van der Waals surface area contributed by atoms with Crippen LogP contribution in [0.1, 0.15) is 17.3 Å². The molecule has 8 nitrogen and oxygen atoms in total. The molecule has 0 fully saturated rings. The van der Waals surface area contributed by atoms with E-state index in [-0.39, 0.29) is 16.1 Å². The molecule has 0 saturated heterocycles. The van der Waals surface area contributed by atoms with Gasteiger partial charge in [0.05, 0.1) is 29.9 Å². The van der Waals surface area contributed by atoms with Gasteiger partial charge < -0.3 is 14.8 Å². The predicted octanol–water partition coefficient (Wildman–Crippen LogP) is 4.43. The molecular weight excluding hydrogens is 488 g/mol. The summed E-state index contributed by atoms with van der Waals surface area (Å²) in [7, 11) is -2.86. The number of nitrogens with zero attached hydrogens (tertiary/aromatic N) is 1. The smallest absolute Gasteiger partial charge is 0.337 e. The Labute approximate surface area is 209 Å². The number of benzene rings is 3. The molecule has 0 aromatic heterocycles. The van der Waals surface area contributed by atoms with Crippen molar-refractivity contribution in [3.05, 3.63) is 78.4 Å². The van der Waals surface area contributed by atoms with Crippen LogP contribution in [0.25, 0.3) is 0 Å². The molecule has 3 aromatic carbocycles. The largest absolute Gasteiger partial charge is 0.492 e. The van der Waals surface area contributed by atoms with Crippen LogP contribution in [0.3, 0.4) is 0 Å². The van der Waals surface area contributed by atoms with Crippen molar-refractivity contribution in [2.75, 3.05) is 36.1 Å². The fourth-order valence-corrected chi connectivity index (χ4v) is 5.13. The van der Waals surface area contributed by atoms with Crippen LogP contribution >= 0.6 is 11.8 Å². The van der Waals surface area contributed by atoms with E-state index in [4.69, 9.17) is 9.47 Å². The number of thioether (sulfide) groups is 1. The van der Waals surface area contributed by atoms with Gasteiger partial charge in [-0.3, -0.25) is 9.10 Å². The number of nitrogens with one attached hydrogen (secondary N) is 1. The van der Waals surface area contributed by atoms with Gasteiger partial charge in [0.15, 0.2) is 0 Å². The van der Waals surface area contributed by atoms with Crippen LogP contribution in [-0.2, 0) is 19.6 Å². The summed E-state index contributed by atoms with van der Waals surface area (Å²) in [6, 6.07) is 19.3. The molecule has 0 bridgehead atoms. The predicted molar refractivity (Wildman–Crippen MR) is 137 cm³/mol. The fraction of sp³-hybridized carbons (Fsp3) is 0.200. The molecule has 184 valence electrons. The number of amides is 1. The second-order valence-electron chi connectivity index (χ2n) is 7.21. The Morgan fingerprint density at radius 2 is 1.71 bits per heavy atom. The van der Waals surface area contributed by atoms with Gasteiger partial charge in [-0.1, -0.05) is 18.2 Å². The second-order valence-corrected chi connectivity index (χ2v) is 9.95. The van der Waals surface area contributed by atoms with Crippen LogP contribution in [-0.4, -0.2) is 46.8 Å². The number of anilines is 2. The van der Waals surface area contributed by atoms with Crippen LogP contribution in [0, 0.1) is 0 Å². The Morgan fingerprint density at radius 1 is 1.00 bits per heavy atom. The van der Waals surface area contributed by atoms with E-state index in [9.17, 15) is 18.0 Å². The first kappa shape index (κ1) is 26.1. The maximum atomic E-state index is 13.7. The van der Waals surface area contributed by atoms with Crippen LogP contribution in [0.2, 0.25) is 0 Å². The molecule has 3 aromatic rings. The van der Waals surface area contributed by atoms with Gasteiger partial charge in [-0.25, -0.2) is 13.2 Å². The molecule has 0 saturated carbocycles. The Hall–Kier alpha value is -3.50. The average Bonchev–Trinajstić information content (AvgIpc) is 2.87. The highest BCUT2D eigenvalue weighted by Crippen LogP contribution is 2.33. The number of hydrogen-bond donors (Lipinski definition) is 1. The van der Waals surface area contributed by atoms with E-state index in [1.54, 1.807) is 61.5 Å². The van der Waals surface area contributed by atoms with Crippen molar-refractivity contribution in [2.45, 2.75) is 16.7 Å². The topological polar surface area (TPSA) is 102 Å². The van der Waals surface area contributed by atoms with Crippen molar-refractivity contribution in [1.29, 1.82) is 0 Å². The SMILES string of the molecule is CCOc1ccccc1N(CC(=O)Nc1cccc(C(=O)OC)c1)S(=O)(=O)c1ccc(SC)cc1. The number of para-hydroxylation sites is 2. The van der Waals surface area contributed by atoms with Gasteiger partial charge in [0.25, 0.3) is 10.0 Å². The van der Waals surface area contributed by atoms with Gasteiger partial charge in [0, 0.05) is 10.6 Å². The van der Waals surface area contributed by atoms with Crippen molar-refractivity contribution >= 4 is 45.0 Å². The molecule has 1 N–H and O–H groups in total. The van der Waals surface area contributed by atoms with Crippen LogP contribution in [0.15, 0.2) is 82.6 Å². The summed E-state index contributed by atoms with van der Waals surface area (Å²) >= 11 is 1.49. The van der Waals surface area contributed by atoms with E-state index in [0.717, 1.165) is 9.20 Å². The lowest BCUT2D eigenvalue weighted by Gasteiger charge is -2.26. The molecule has 0 aliphatic rings. The first-order valence-electron chi connectivity index (χ1n) is 10.7. The molecule has 0 aliphatic heterocycles. The highest BCUT2D eigenvalue weighted by Gasteiger charge is 2.29. The highest BCUT2D eigenvalue weighted by molar-refractivity contribution is 7.98. The number of esters is 1. The van der Waals surface area contributed by atoms with Crippen molar-refractivity contribution in [3.63, 3.8) is 0 Å². The maximum Gasteiger partial charge on any atom is 0.337 e. The highest BCUT2D eigenvalue weighted by atomic mass is 32.2. The molecule has 3 rings (SSSR count). The summed E-state index contributed by atoms with van der Waals surface area (Å²) in [6.07, 6.45) is 1.90. The fourth-order valence-electron chi connectivity index (χ4n) is 3.29. The third kappa shape index (κ3) is 6.34. The Balaban J connectivity index is 1.97. The zero-order valence-corrected chi connectivity index (χ0v) is 21.2. The van der Waals surface area contributed by atoms with Crippen LogP contribution in [0.4, 0.5) is 11.4 Å². The lowest BCUT2D eigenvalue weighted by atomic mass is 10.2. The van der Waals surface area contributed by atoms with E-state index >= 15 is 0 Å². The minimum Gasteiger partial charge on any atom is -0.492 e. The Kier molecular flexibility index (Phi) is 8.78. The third-order valence-corrected chi connectivity index (χ3v) is 7.45. The zero-order valence-electron chi connectivity index (χ0n) is 19.6. The second kappa shape index (κ2) is 11.8. The molecule has 0 unspecified atom stereocenters. The minimum atomic E-state index is -4.12. The molecule has 0 heterocycles. The van der Waals surface area contributed by atoms with Gasteiger partial charge in [0.2, 0.25) is 5.91 Å². The summed E-state index contributed by atoms with van der Waals surface area (Å²) in [5.74, 6) is -0.813. The zero-order chi connectivity index (χ0) is 25.4. The van der Waals surface area contributed by atoms with Gasteiger partial charge in [-0.15, -0.1) is 11.8 Å². The van der Waals surface area contributed by atoms with Crippen molar-refractivity contribution in [1.82, 2.24) is 0 Å². The lowest BCUT2D eigenvalue weighted by Crippen LogP contribution is -2.38. The first-order chi connectivity index (χ1) is 16.8. The molecular formula is C25H26N2O6S2. The number of ether oxygens (including phenoxy) is 2. The number of carbonyl (C=O) groups is 2. The summed E-state index contributed by atoms with van der Waals surface area (Å²) in [5, 5.41) is 2.66. The van der Waals surface area contributed by atoms with Crippen molar-refractivity contribution < 1.29 is 27.5 Å². The van der Waals surface area contributed by atoms with E-state index in [1.807, 2.05) is 6.26 Å². The number of sulfonamides is 1. The quantitative estimate of drug-likeness (QED) is 0.315. The number of hydrogen-bond acceptors (Lipinski definition) is 7. The van der Waals surface area contributed by atoms with Crippen molar-refractivity contribution in [2.24, 2.45) is 0 Å². The normalized spacial score (nSPS) is 10.9. The van der Waals surface area contributed by atoms with E-state index < -0.39 is 28.4 Å². The molecule has 0 aliphatic carbocycles. The minimum absolute atomic E-state index is 0.0436. The van der Waals surface area contributed by atoms with Gasteiger partial charge >= 0.3 is 5.97 Å². The van der Waals surface area contributed by atoms with Gasteiger partial charge in [-0.2, -0.15) is 0 Å². The van der Waals surface area contributed by atoms with Crippen LogP contribution < -0.4 is 14.4 Å². The standard InChI is InChI=1S/C25H26N2O6S2/c1-4-33-23-11-6-5-10-22(23)27(35(30,31)21-14-12-20(34-3)13-15-21)17-24(28)26-19-9-7-8-18(16-19)25(29)32-2/h5-16H,4,17H2,1-3H3,(H,26,28). The van der Waals surface area contributed by atoms with Crippen molar-refractivity contribution in [3.8, 4) is 5.75 Å². The summed E-state index contributed by atoms with van der Waals surface area (Å²) in [4.78, 5) is 25.8. The van der Waals surface area contributed by atoms with Gasteiger partial charge in [0.1, 0.15) is 12.3 Å². The number of rotatable bonds is 10. The first-order valence-corrected chi connectivity index (χ1v) is 13.3. The molecule has 10 heteroatoms. The molecule has 0 radical (unpaired) electrons. The monoisotopic (exact) mass is 514 g/mol. The Bertz CT molecular complexity index is 1290. The summed E-state index contributed by atoms with van der Waals surface area (Å²) in [5.41, 5.74) is 0.824. The van der Waals surface area contributed by atoms with Crippen LogP contribution in [0.5, 0.6) is 5.75 Å².